The SMILES string of the molecule is CC(C)(C)OC(=O)c1cccc2c1CC=C2C(=O)c1nc(C(=O)NN)cs1. The van der Waals surface area contributed by atoms with E-state index in [4.69, 9.17) is 10.6 Å². The van der Waals surface area contributed by atoms with E-state index in [1.165, 1.54) is 5.38 Å². The Morgan fingerprint density at radius 3 is 2.67 bits per heavy atom. The maximum atomic E-state index is 12.8. The molecule has 3 N–H and O–H groups in total. The number of rotatable bonds is 4. The molecule has 0 aliphatic heterocycles. The summed E-state index contributed by atoms with van der Waals surface area (Å²) in [5.74, 6) is 3.82. The molecule has 0 atom stereocenters. The lowest BCUT2D eigenvalue weighted by atomic mass is 9.98. The van der Waals surface area contributed by atoms with Crippen LogP contribution in [0.1, 0.15) is 62.5 Å². The Bertz CT molecular complexity index is 970. The zero-order valence-electron chi connectivity index (χ0n) is 15.2. The number of aromatic nitrogens is 1. The molecule has 0 unspecified atom stereocenters. The van der Waals surface area contributed by atoms with Crippen LogP contribution < -0.4 is 11.3 Å². The number of hydrazine groups is 1. The zero-order valence-corrected chi connectivity index (χ0v) is 16.0. The molecule has 0 radical (unpaired) electrons. The second-order valence-corrected chi connectivity index (χ2v) is 7.85. The number of nitrogens with one attached hydrogen (secondary N) is 1. The van der Waals surface area contributed by atoms with Crippen molar-refractivity contribution in [1.82, 2.24) is 10.4 Å². The van der Waals surface area contributed by atoms with Crippen LogP contribution in [-0.2, 0) is 11.2 Å². The summed E-state index contributed by atoms with van der Waals surface area (Å²) in [6.45, 7) is 5.41. The molecule has 27 heavy (non-hydrogen) atoms. The van der Waals surface area contributed by atoms with Crippen LogP contribution >= 0.6 is 11.3 Å². The van der Waals surface area contributed by atoms with Crippen molar-refractivity contribution in [2.24, 2.45) is 5.84 Å². The number of allylic oxidation sites excluding steroid dienone is 2. The number of hydrogen-bond donors (Lipinski definition) is 2. The number of hydrogen-bond acceptors (Lipinski definition) is 7. The van der Waals surface area contributed by atoms with Crippen LogP contribution in [0.25, 0.3) is 5.57 Å². The molecule has 0 bridgehead atoms. The number of Topliss-reactive ketones (excluding diaryl/α,β-unsaturated/α-hetero) is 1. The highest BCUT2D eigenvalue weighted by atomic mass is 32.1. The molecule has 0 saturated carbocycles. The van der Waals surface area contributed by atoms with Crippen molar-refractivity contribution in [3.63, 3.8) is 0 Å². The van der Waals surface area contributed by atoms with Gasteiger partial charge >= 0.3 is 5.97 Å². The van der Waals surface area contributed by atoms with Crippen LogP contribution in [-0.4, -0.2) is 28.2 Å². The van der Waals surface area contributed by atoms with Gasteiger partial charge in [0.15, 0.2) is 5.01 Å². The van der Waals surface area contributed by atoms with Crippen LogP contribution in [0.5, 0.6) is 0 Å². The number of thiazole rings is 1. The number of nitrogens with two attached hydrogens (primary N) is 1. The van der Waals surface area contributed by atoms with Crippen LogP contribution in [0.2, 0.25) is 0 Å². The summed E-state index contributed by atoms with van der Waals surface area (Å²) in [7, 11) is 0. The molecule has 1 aromatic heterocycles. The fourth-order valence-electron chi connectivity index (χ4n) is 2.78. The van der Waals surface area contributed by atoms with Gasteiger partial charge < -0.3 is 4.74 Å². The van der Waals surface area contributed by atoms with Crippen molar-refractivity contribution < 1.29 is 19.1 Å². The monoisotopic (exact) mass is 385 g/mol. The van der Waals surface area contributed by atoms with Gasteiger partial charge in [0.2, 0.25) is 5.78 Å². The minimum atomic E-state index is -0.606. The first-order chi connectivity index (χ1) is 12.7. The smallest absolute Gasteiger partial charge is 0.338 e. The number of benzene rings is 1. The lowest BCUT2D eigenvalue weighted by Gasteiger charge is -2.20. The van der Waals surface area contributed by atoms with Gasteiger partial charge in [0, 0.05) is 11.0 Å². The molecule has 1 aliphatic carbocycles. The Morgan fingerprint density at radius 1 is 1.26 bits per heavy atom. The van der Waals surface area contributed by atoms with Crippen LogP contribution in [0, 0.1) is 0 Å². The standard InChI is InChI=1S/C19H19N3O4S/c1-19(2,3)26-18(25)13-6-4-5-10-11(13)7-8-12(10)15(23)17-21-14(9-27-17)16(24)22-20/h4-6,8-9H,7,20H2,1-3H3,(H,22,24). The fraction of sp³-hybridized carbons (Fsp3) is 0.263. The summed E-state index contributed by atoms with van der Waals surface area (Å²) in [6.07, 6.45) is 2.22. The first-order valence-electron chi connectivity index (χ1n) is 8.28. The average Bonchev–Trinajstić information content (AvgIpc) is 3.25. The number of ether oxygens (including phenoxy) is 1. The number of carbonyl (C=O) groups excluding carboxylic acids is 3. The summed E-state index contributed by atoms with van der Waals surface area (Å²) in [5.41, 5.74) is 3.82. The Morgan fingerprint density at radius 2 is 2.00 bits per heavy atom. The van der Waals surface area contributed by atoms with E-state index in [0.717, 1.165) is 16.9 Å². The number of ketones is 1. The molecule has 2 aromatic rings. The number of nitrogen functional groups attached to an aromatic ring is 1. The van der Waals surface area contributed by atoms with Crippen molar-refractivity contribution in [1.29, 1.82) is 0 Å². The summed E-state index contributed by atoms with van der Waals surface area (Å²) in [6, 6.07) is 5.21. The van der Waals surface area contributed by atoms with Crippen molar-refractivity contribution in [3.05, 3.63) is 57.0 Å². The van der Waals surface area contributed by atoms with E-state index in [0.29, 0.717) is 23.1 Å². The molecule has 0 spiro atoms. The highest BCUT2D eigenvalue weighted by Crippen LogP contribution is 2.33. The topological polar surface area (TPSA) is 111 Å². The summed E-state index contributed by atoms with van der Waals surface area (Å²) >= 11 is 1.07. The first kappa shape index (κ1) is 18.9. The molecular formula is C19H19N3O4S. The number of fused-ring (bicyclic) bond motifs is 1. The molecule has 1 amide bonds. The van der Waals surface area contributed by atoms with Crippen molar-refractivity contribution in [2.75, 3.05) is 0 Å². The highest BCUT2D eigenvalue weighted by Gasteiger charge is 2.28. The van der Waals surface area contributed by atoms with E-state index in [-0.39, 0.29) is 16.5 Å². The third kappa shape index (κ3) is 3.81. The van der Waals surface area contributed by atoms with E-state index in [2.05, 4.69) is 4.98 Å². The van der Waals surface area contributed by atoms with Gasteiger partial charge in [-0.1, -0.05) is 18.2 Å². The largest absolute Gasteiger partial charge is 0.456 e. The van der Waals surface area contributed by atoms with E-state index in [1.54, 1.807) is 45.0 Å². The van der Waals surface area contributed by atoms with Gasteiger partial charge in [-0.15, -0.1) is 11.3 Å². The second-order valence-electron chi connectivity index (χ2n) is 7.00. The normalized spacial score (nSPS) is 13.0. The molecule has 140 valence electrons. The fourth-order valence-corrected chi connectivity index (χ4v) is 3.54. The molecule has 1 aromatic carbocycles. The Kier molecular flexibility index (Phi) is 4.95. The van der Waals surface area contributed by atoms with Crippen molar-refractivity contribution in [2.45, 2.75) is 32.8 Å². The first-order valence-corrected chi connectivity index (χ1v) is 9.16. The third-order valence-electron chi connectivity index (χ3n) is 3.90. The van der Waals surface area contributed by atoms with E-state index in [1.807, 2.05) is 5.43 Å². The summed E-state index contributed by atoms with van der Waals surface area (Å²) in [5, 5.41) is 1.67. The Hall–Kier alpha value is -2.84. The third-order valence-corrected chi connectivity index (χ3v) is 4.74. The lowest BCUT2D eigenvalue weighted by molar-refractivity contribution is 0.00683. The lowest BCUT2D eigenvalue weighted by Crippen LogP contribution is -2.30. The second kappa shape index (κ2) is 7.05. The maximum Gasteiger partial charge on any atom is 0.338 e. The highest BCUT2D eigenvalue weighted by molar-refractivity contribution is 7.12. The molecule has 1 heterocycles. The van der Waals surface area contributed by atoms with Gasteiger partial charge in [0.25, 0.3) is 5.91 Å². The van der Waals surface area contributed by atoms with Gasteiger partial charge in [-0.3, -0.25) is 15.0 Å². The minimum Gasteiger partial charge on any atom is -0.456 e. The average molecular weight is 385 g/mol. The summed E-state index contributed by atoms with van der Waals surface area (Å²) < 4.78 is 5.46. The number of amides is 1. The quantitative estimate of drug-likeness (QED) is 0.275. The van der Waals surface area contributed by atoms with E-state index >= 15 is 0 Å². The molecule has 0 fully saturated rings. The maximum absolute atomic E-state index is 12.8. The van der Waals surface area contributed by atoms with E-state index in [9.17, 15) is 14.4 Å². The molecule has 3 rings (SSSR count). The van der Waals surface area contributed by atoms with Gasteiger partial charge in [-0.05, 0) is 44.4 Å². The predicted octanol–water partition coefficient (Wildman–Crippen LogP) is 2.52. The number of nitrogens with zero attached hydrogens (tertiary/aromatic N) is 1. The molecule has 7 nitrogen and oxygen atoms in total. The molecule has 8 heteroatoms. The van der Waals surface area contributed by atoms with E-state index < -0.39 is 17.5 Å². The van der Waals surface area contributed by atoms with Crippen molar-refractivity contribution in [3.8, 4) is 0 Å². The summed E-state index contributed by atoms with van der Waals surface area (Å²) in [4.78, 5) is 40.9. The molecule has 0 saturated heterocycles. The van der Waals surface area contributed by atoms with Gasteiger partial charge in [0.05, 0.1) is 5.56 Å². The Labute approximate surface area is 160 Å². The molecular weight excluding hydrogens is 366 g/mol. The van der Waals surface area contributed by atoms with Crippen LogP contribution in [0.3, 0.4) is 0 Å². The minimum absolute atomic E-state index is 0.0900. The predicted molar refractivity (Wildman–Crippen MR) is 101 cm³/mol. The van der Waals surface area contributed by atoms with Gasteiger partial charge in [0.1, 0.15) is 11.3 Å². The van der Waals surface area contributed by atoms with Crippen LogP contribution in [0.15, 0.2) is 29.7 Å². The van der Waals surface area contributed by atoms with Gasteiger partial charge in [-0.25, -0.2) is 15.6 Å². The zero-order chi connectivity index (χ0) is 19.8. The van der Waals surface area contributed by atoms with Crippen LogP contribution in [0.4, 0.5) is 0 Å². The van der Waals surface area contributed by atoms with Gasteiger partial charge in [-0.2, -0.15) is 0 Å². The van der Waals surface area contributed by atoms with Crippen molar-refractivity contribution >= 4 is 34.6 Å². The number of esters is 1. The molecule has 1 aliphatic rings. The number of carbonyl (C=O) groups is 3. The Balaban J connectivity index is 1.89.